The Kier molecular flexibility index (Phi) is 6.68. The van der Waals surface area contributed by atoms with Gasteiger partial charge in [-0.2, -0.15) is 4.31 Å². The highest BCUT2D eigenvalue weighted by molar-refractivity contribution is 7.89. The summed E-state index contributed by atoms with van der Waals surface area (Å²) in [6, 6.07) is 7.65. The van der Waals surface area contributed by atoms with Crippen molar-refractivity contribution in [3.63, 3.8) is 0 Å². The van der Waals surface area contributed by atoms with Gasteiger partial charge < -0.3 is 9.64 Å². The van der Waals surface area contributed by atoms with Crippen LogP contribution in [0.25, 0.3) is 0 Å². The van der Waals surface area contributed by atoms with E-state index in [2.05, 4.69) is 0 Å². The first-order valence-corrected chi connectivity index (χ1v) is 11.0. The second-order valence-electron chi connectivity index (χ2n) is 6.48. The third-order valence-electron chi connectivity index (χ3n) is 4.64. The summed E-state index contributed by atoms with van der Waals surface area (Å²) in [6.45, 7) is 0.979. The van der Waals surface area contributed by atoms with Crippen LogP contribution >= 0.6 is 23.2 Å². The second kappa shape index (κ2) is 8.87. The fraction of sp³-hybridized carbons (Fsp3) is 0.316. The summed E-state index contributed by atoms with van der Waals surface area (Å²) < 4.78 is 45.1. The molecule has 0 aromatic heterocycles. The minimum Gasteiger partial charge on any atom is -0.494 e. The maximum atomic E-state index is 13.1. The van der Waals surface area contributed by atoms with Crippen LogP contribution in [0.1, 0.15) is 16.8 Å². The maximum Gasteiger partial charge on any atom is 0.254 e. The maximum absolute atomic E-state index is 13.1. The van der Waals surface area contributed by atoms with Gasteiger partial charge in [0, 0.05) is 31.7 Å². The topological polar surface area (TPSA) is 66.9 Å². The second-order valence-corrected chi connectivity index (χ2v) is 9.23. The molecule has 6 nitrogen and oxygen atoms in total. The number of rotatable bonds is 4. The zero-order chi connectivity index (χ0) is 21.2. The summed E-state index contributed by atoms with van der Waals surface area (Å²) in [5.41, 5.74) is 0.302. The number of nitrogens with zero attached hydrogens (tertiary/aromatic N) is 2. The molecule has 0 spiro atoms. The number of ether oxygens (including phenoxy) is 1. The summed E-state index contributed by atoms with van der Waals surface area (Å²) in [6.07, 6.45) is 0.462. The van der Waals surface area contributed by atoms with Gasteiger partial charge in [0.05, 0.1) is 22.1 Å². The number of carbonyl (C=O) groups excluding carboxylic acids is 1. The van der Waals surface area contributed by atoms with Gasteiger partial charge in [0.25, 0.3) is 5.91 Å². The quantitative estimate of drug-likeness (QED) is 0.697. The molecule has 29 heavy (non-hydrogen) atoms. The van der Waals surface area contributed by atoms with Crippen molar-refractivity contribution < 1.29 is 22.3 Å². The Balaban J connectivity index is 1.76. The van der Waals surface area contributed by atoms with E-state index in [-0.39, 0.29) is 46.2 Å². The van der Waals surface area contributed by atoms with Gasteiger partial charge in [-0.3, -0.25) is 4.79 Å². The number of carbonyl (C=O) groups is 1. The van der Waals surface area contributed by atoms with Crippen molar-refractivity contribution in [2.75, 3.05) is 33.3 Å². The summed E-state index contributed by atoms with van der Waals surface area (Å²) in [5.74, 6) is -0.511. The van der Waals surface area contributed by atoms with Gasteiger partial charge >= 0.3 is 0 Å². The van der Waals surface area contributed by atoms with E-state index in [0.29, 0.717) is 18.5 Å². The molecule has 0 N–H and O–H groups in total. The fourth-order valence-electron chi connectivity index (χ4n) is 3.15. The van der Waals surface area contributed by atoms with Crippen LogP contribution in [0.3, 0.4) is 0 Å². The highest BCUT2D eigenvalue weighted by Crippen LogP contribution is 2.34. The lowest BCUT2D eigenvalue weighted by Gasteiger charge is -2.22. The third kappa shape index (κ3) is 4.66. The third-order valence-corrected chi connectivity index (χ3v) is 7.12. The predicted molar refractivity (Wildman–Crippen MR) is 109 cm³/mol. The average molecular weight is 461 g/mol. The van der Waals surface area contributed by atoms with E-state index in [1.165, 1.54) is 35.7 Å². The SMILES string of the molecule is COc1c(Cl)cc(C(=O)N2CCCN(S(=O)(=O)c3ccc(F)cc3)CC2)cc1Cl. The van der Waals surface area contributed by atoms with Crippen LogP contribution in [0.2, 0.25) is 10.0 Å². The molecule has 1 aliphatic rings. The lowest BCUT2D eigenvalue weighted by atomic mass is 10.2. The van der Waals surface area contributed by atoms with Crippen LogP contribution in [0.15, 0.2) is 41.3 Å². The molecule has 0 bridgehead atoms. The largest absolute Gasteiger partial charge is 0.494 e. The van der Waals surface area contributed by atoms with Gasteiger partial charge in [-0.05, 0) is 42.8 Å². The average Bonchev–Trinajstić information content (AvgIpc) is 2.94. The standard InChI is InChI=1S/C19H19Cl2FN2O4S/c1-28-18-16(20)11-13(12-17(18)21)19(25)23-7-2-8-24(10-9-23)29(26,27)15-5-3-14(22)4-6-15/h3-6,11-12H,2,7-10H2,1H3. The number of benzene rings is 2. The zero-order valence-electron chi connectivity index (χ0n) is 15.6. The molecule has 0 saturated carbocycles. The van der Waals surface area contributed by atoms with Gasteiger partial charge in [-0.15, -0.1) is 0 Å². The van der Waals surface area contributed by atoms with Crippen LogP contribution in [0.5, 0.6) is 5.75 Å². The molecule has 0 atom stereocenters. The first-order valence-electron chi connectivity index (χ1n) is 8.82. The fourth-order valence-corrected chi connectivity index (χ4v) is 5.26. The van der Waals surface area contributed by atoms with Crippen LogP contribution in [-0.2, 0) is 10.0 Å². The van der Waals surface area contributed by atoms with Crippen LogP contribution in [-0.4, -0.2) is 56.8 Å². The van der Waals surface area contributed by atoms with Crippen LogP contribution in [0, 0.1) is 5.82 Å². The summed E-state index contributed by atoms with van der Waals surface area (Å²) in [5, 5.41) is 0.442. The molecule has 156 valence electrons. The van der Waals surface area contributed by atoms with E-state index in [1.54, 1.807) is 4.90 Å². The Morgan fingerprint density at radius 2 is 1.66 bits per heavy atom. The lowest BCUT2D eigenvalue weighted by molar-refractivity contribution is 0.0764. The minimum atomic E-state index is -3.77. The first-order chi connectivity index (χ1) is 13.7. The molecule has 2 aromatic carbocycles. The number of halogens is 3. The Labute approximate surface area is 178 Å². The highest BCUT2D eigenvalue weighted by Gasteiger charge is 2.29. The molecule has 3 rings (SSSR count). The Morgan fingerprint density at radius 3 is 2.24 bits per heavy atom. The van der Waals surface area contributed by atoms with Gasteiger partial charge in [-0.25, -0.2) is 12.8 Å². The highest BCUT2D eigenvalue weighted by atomic mass is 35.5. The molecular weight excluding hydrogens is 442 g/mol. The van der Waals surface area contributed by atoms with Crippen LogP contribution < -0.4 is 4.74 Å². The Morgan fingerprint density at radius 1 is 1.03 bits per heavy atom. The lowest BCUT2D eigenvalue weighted by Crippen LogP contribution is -2.37. The summed E-state index contributed by atoms with van der Waals surface area (Å²) >= 11 is 12.2. The van der Waals surface area contributed by atoms with Crippen molar-refractivity contribution in [1.29, 1.82) is 0 Å². The minimum absolute atomic E-state index is 0.0207. The van der Waals surface area contributed by atoms with E-state index in [1.807, 2.05) is 0 Å². The molecule has 10 heteroatoms. The van der Waals surface area contributed by atoms with Crippen molar-refractivity contribution >= 4 is 39.1 Å². The number of hydrogen-bond donors (Lipinski definition) is 0. The summed E-state index contributed by atoms with van der Waals surface area (Å²) in [7, 11) is -2.34. The normalized spacial score (nSPS) is 15.8. The Bertz CT molecular complexity index is 992. The molecule has 0 unspecified atom stereocenters. The van der Waals surface area contributed by atoms with E-state index in [0.717, 1.165) is 12.1 Å². The van der Waals surface area contributed by atoms with E-state index >= 15 is 0 Å². The zero-order valence-corrected chi connectivity index (χ0v) is 17.9. The van der Waals surface area contributed by atoms with Gasteiger partial charge in [0.2, 0.25) is 10.0 Å². The molecule has 1 saturated heterocycles. The molecule has 1 amide bonds. The van der Waals surface area contributed by atoms with E-state index in [4.69, 9.17) is 27.9 Å². The van der Waals surface area contributed by atoms with Crippen molar-refractivity contribution in [3.05, 3.63) is 57.8 Å². The number of amides is 1. The number of hydrogen-bond acceptors (Lipinski definition) is 4. The molecule has 1 aliphatic heterocycles. The molecule has 1 fully saturated rings. The molecule has 0 aliphatic carbocycles. The van der Waals surface area contributed by atoms with E-state index < -0.39 is 15.8 Å². The van der Waals surface area contributed by atoms with E-state index in [9.17, 15) is 17.6 Å². The predicted octanol–water partition coefficient (Wildman–Crippen LogP) is 3.68. The molecular formula is C19H19Cl2FN2O4S. The van der Waals surface area contributed by atoms with Crippen molar-refractivity contribution in [1.82, 2.24) is 9.21 Å². The molecule has 0 radical (unpaired) electrons. The molecule has 2 aromatic rings. The smallest absolute Gasteiger partial charge is 0.254 e. The van der Waals surface area contributed by atoms with Crippen molar-refractivity contribution in [2.24, 2.45) is 0 Å². The van der Waals surface area contributed by atoms with Crippen LogP contribution in [0.4, 0.5) is 4.39 Å². The summed E-state index contributed by atoms with van der Waals surface area (Å²) in [4.78, 5) is 14.5. The van der Waals surface area contributed by atoms with Gasteiger partial charge in [0.15, 0.2) is 5.75 Å². The van der Waals surface area contributed by atoms with Gasteiger partial charge in [0.1, 0.15) is 5.82 Å². The van der Waals surface area contributed by atoms with Gasteiger partial charge in [-0.1, -0.05) is 23.2 Å². The number of sulfonamides is 1. The monoisotopic (exact) mass is 460 g/mol. The number of methoxy groups -OCH3 is 1. The van der Waals surface area contributed by atoms with Crippen molar-refractivity contribution in [3.8, 4) is 5.75 Å². The van der Waals surface area contributed by atoms with Crippen molar-refractivity contribution in [2.45, 2.75) is 11.3 Å². The molecule has 1 heterocycles. The Hall–Kier alpha value is -1.87. The first kappa shape index (κ1) is 21.8.